The summed E-state index contributed by atoms with van der Waals surface area (Å²) in [5.41, 5.74) is 3.43. The third-order valence-electron chi connectivity index (χ3n) is 4.89. The summed E-state index contributed by atoms with van der Waals surface area (Å²) in [7, 11) is 0. The minimum absolute atomic E-state index is 0.730. The molecule has 0 saturated heterocycles. The summed E-state index contributed by atoms with van der Waals surface area (Å²) in [6.45, 7) is 1.19. The van der Waals surface area contributed by atoms with Crippen molar-refractivity contribution in [3.63, 3.8) is 0 Å². The van der Waals surface area contributed by atoms with Crippen LogP contribution in [0.15, 0.2) is 40.6 Å². The van der Waals surface area contributed by atoms with Crippen molar-refractivity contribution < 1.29 is 0 Å². The molecule has 1 aromatic heterocycles. The van der Waals surface area contributed by atoms with Crippen molar-refractivity contribution in [2.45, 2.75) is 43.0 Å². The Morgan fingerprint density at radius 3 is 2.87 bits per heavy atom. The van der Waals surface area contributed by atoms with E-state index in [1.165, 1.54) is 54.1 Å². The van der Waals surface area contributed by atoms with Crippen molar-refractivity contribution in [3.8, 4) is 0 Å². The largest absolute Gasteiger partial charge is 0.367 e. The highest BCUT2D eigenvalue weighted by molar-refractivity contribution is 7.99. The number of anilines is 1. The predicted octanol–water partition coefficient (Wildman–Crippen LogP) is 5.21. The first-order chi connectivity index (χ1) is 11.3. The molecule has 1 aliphatic heterocycles. The second-order valence-corrected chi connectivity index (χ2v) is 8.50. The molecule has 120 valence electrons. The normalized spacial score (nSPS) is 18.2. The zero-order chi connectivity index (χ0) is 15.6. The van der Waals surface area contributed by atoms with Gasteiger partial charge in [-0.05, 0) is 42.0 Å². The Bertz CT molecular complexity index is 687. The Hall–Kier alpha value is -1.26. The third kappa shape index (κ3) is 3.20. The molecule has 1 saturated carbocycles. The van der Waals surface area contributed by atoms with Crippen LogP contribution in [0, 0.1) is 5.41 Å². The van der Waals surface area contributed by atoms with Gasteiger partial charge in [-0.15, -0.1) is 23.1 Å². The fourth-order valence-electron chi connectivity index (χ4n) is 3.73. The van der Waals surface area contributed by atoms with Gasteiger partial charge in [-0.1, -0.05) is 25.0 Å². The van der Waals surface area contributed by atoms with E-state index in [-0.39, 0.29) is 0 Å². The van der Waals surface area contributed by atoms with Crippen LogP contribution in [0.5, 0.6) is 0 Å². The van der Waals surface area contributed by atoms with Crippen molar-refractivity contribution in [2.24, 2.45) is 0 Å². The Balaban J connectivity index is 1.54. The first-order valence-electron chi connectivity index (χ1n) is 8.45. The Labute approximate surface area is 146 Å². The van der Waals surface area contributed by atoms with E-state index in [0.717, 1.165) is 23.1 Å². The number of nitrogens with zero attached hydrogens (tertiary/aromatic N) is 1. The highest BCUT2D eigenvalue weighted by atomic mass is 32.2. The molecule has 23 heavy (non-hydrogen) atoms. The minimum Gasteiger partial charge on any atom is -0.367 e. The predicted molar refractivity (Wildman–Crippen MR) is 102 cm³/mol. The number of thioether (sulfide) groups is 1. The van der Waals surface area contributed by atoms with Crippen LogP contribution in [0.4, 0.5) is 5.69 Å². The van der Waals surface area contributed by atoms with Gasteiger partial charge in [-0.2, -0.15) is 0 Å². The van der Waals surface area contributed by atoms with Gasteiger partial charge >= 0.3 is 0 Å². The molecule has 0 unspecified atom stereocenters. The molecule has 1 aromatic carbocycles. The number of benzene rings is 1. The van der Waals surface area contributed by atoms with Gasteiger partial charge in [0, 0.05) is 34.5 Å². The number of fused-ring (bicyclic) bond motifs is 1. The molecule has 2 nitrogen and oxygen atoms in total. The van der Waals surface area contributed by atoms with Crippen LogP contribution in [0.1, 0.15) is 36.1 Å². The summed E-state index contributed by atoms with van der Waals surface area (Å²) in [5, 5.41) is 10.3. The molecule has 2 aromatic rings. The Morgan fingerprint density at radius 2 is 2.09 bits per heavy atom. The molecule has 1 aliphatic carbocycles. The van der Waals surface area contributed by atoms with E-state index in [1.54, 1.807) is 11.3 Å². The molecule has 4 rings (SSSR count). The van der Waals surface area contributed by atoms with E-state index >= 15 is 0 Å². The van der Waals surface area contributed by atoms with Crippen LogP contribution >= 0.6 is 23.1 Å². The standard InChI is InChI=1S/C19H22N2S2/c20-16(18-6-3-10-22-18)12-14-7-8-17-19(13-14)23-11-9-21(17)15-4-1-2-5-15/h3,6-8,10,13,15,20H,1-2,4-5,9,11-12H2. The highest BCUT2D eigenvalue weighted by Crippen LogP contribution is 2.39. The zero-order valence-corrected chi connectivity index (χ0v) is 14.9. The van der Waals surface area contributed by atoms with Crippen molar-refractivity contribution in [3.05, 3.63) is 46.2 Å². The van der Waals surface area contributed by atoms with E-state index in [2.05, 4.69) is 23.1 Å². The van der Waals surface area contributed by atoms with Crippen molar-refractivity contribution in [1.82, 2.24) is 0 Å². The summed E-state index contributed by atoms with van der Waals surface area (Å²) in [6.07, 6.45) is 6.22. The fraction of sp³-hybridized carbons (Fsp3) is 0.421. The maximum atomic E-state index is 8.29. The maximum absolute atomic E-state index is 8.29. The lowest BCUT2D eigenvalue weighted by Gasteiger charge is -2.36. The number of thiophene rings is 1. The monoisotopic (exact) mass is 342 g/mol. The number of hydrogen-bond acceptors (Lipinski definition) is 4. The van der Waals surface area contributed by atoms with E-state index in [9.17, 15) is 0 Å². The van der Waals surface area contributed by atoms with Crippen molar-refractivity contribution >= 4 is 34.5 Å². The van der Waals surface area contributed by atoms with Gasteiger partial charge in [0.15, 0.2) is 0 Å². The SMILES string of the molecule is N=C(Cc1ccc2c(c1)SCCN2C1CCCC1)c1cccs1. The fourth-order valence-corrected chi connectivity index (χ4v) is 5.48. The van der Waals surface area contributed by atoms with E-state index in [1.807, 2.05) is 29.3 Å². The lowest BCUT2D eigenvalue weighted by molar-refractivity contribution is 0.614. The molecule has 2 heterocycles. The quantitative estimate of drug-likeness (QED) is 0.772. The van der Waals surface area contributed by atoms with Crippen LogP contribution in [0.3, 0.4) is 0 Å². The molecule has 1 N–H and O–H groups in total. The van der Waals surface area contributed by atoms with Gasteiger partial charge in [0.05, 0.1) is 11.4 Å². The number of hydrogen-bond donors (Lipinski definition) is 1. The van der Waals surface area contributed by atoms with E-state index < -0.39 is 0 Å². The average molecular weight is 343 g/mol. The van der Waals surface area contributed by atoms with E-state index in [4.69, 9.17) is 5.41 Å². The first kappa shape index (κ1) is 15.3. The average Bonchev–Trinajstić information content (AvgIpc) is 3.27. The number of rotatable bonds is 4. The third-order valence-corrected chi connectivity index (χ3v) is 6.84. The molecule has 0 bridgehead atoms. The molecule has 1 fully saturated rings. The summed E-state index contributed by atoms with van der Waals surface area (Å²) in [5.74, 6) is 1.19. The Morgan fingerprint density at radius 1 is 1.22 bits per heavy atom. The van der Waals surface area contributed by atoms with Gasteiger partial charge in [0.1, 0.15) is 0 Å². The highest BCUT2D eigenvalue weighted by Gasteiger charge is 2.27. The lowest BCUT2D eigenvalue weighted by atomic mass is 10.1. The van der Waals surface area contributed by atoms with Crippen LogP contribution in [0.25, 0.3) is 0 Å². The Kier molecular flexibility index (Phi) is 4.45. The smallest absolute Gasteiger partial charge is 0.0529 e. The zero-order valence-electron chi connectivity index (χ0n) is 13.3. The van der Waals surface area contributed by atoms with Crippen LogP contribution in [0.2, 0.25) is 0 Å². The molecule has 0 radical (unpaired) electrons. The summed E-state index contributed by atoms with van der Waals surface area (Å²) >= 11 is 3.64. The summed E-state index contributed by atoms with van der Waals surface area (Å²) in [4.78, 5) is 5.15. The van der Waals surface area contributed by atoms with Gasteiger partial charge in [-0.25, -0.2) is 0 Å². The van der Waals surface area contributed by atoms with Crippen LogP contribution in [-0.4, -0.2) is 24.1 Å². The molecule has 4 heteroatoms. The molecule has 2 aliphatic rings. The van der Waals surface area contributed by atoms with Crippen molar-refractivity contribution in [1.29, 1.82) is 5.41 Å². The molecule has 0 spiro atoms. The van der Waals surface area contributed by atoms with Gasteiger partial charge in [0.25, 0.3) is 0 Å². The molecule has 0 amide bonds. The summed E-state index contributed by atoms with van der Waals surface area (Å²) in [6, 6.07) is 11.7. The maximum Gasteiger partial charge on any atom is 0.0529 e. The first-order valence-corrected chi connectivity index (χ1v) is 10.3. The number of nitrogens with one attached hydrogen (secondary N) is 1. The van der Waals surface area contributed by atoms with Crippen molar-refractivity contribution in [2.75, 3.05) is 17.2 Å². The van der Waals surface area contributed by atoms with Crippen LogP contribution in [-0.2, 0) is 6.42 Å². The summed E-state index contributed by atoms with van der Waals surface area (Å²) < 4.78 is 0. The van der Waals surface area contributed by atoms with Gasteiger partial charge < -0.3 is 10.3 Å². The minimum atomic E-state index is 0.730. The van der Waals surface area contributed by atoms with Crippen LogP contribution < -0.4 is 4.90 Å². The topological polar surface area (TPSA) is 27.1 Å². The van der Waals surface area contributed by atoms with Gasteiger partial charge in [-0.3, -0.25) is 0 Å². The molecular weight excluding hydrogens is 320 g/mol. The lowest BCUT2D eigenvalue weighted by Crippen LogP contribution is -2.37. The second kappa shape index (κ2) is 6.70. The molecular formula is C19H22N2S2. The van der Waals surface area contributed by atoms with Gasteiger partial charge in [0.2, 0.25) is 0 Å². The second-order valence-electron chi connectivity index (χ2n) is 6.41. The van der Waals surface area contributed by atoms with E-state index in [0.29, 0.717) is 0 Å². The molecule has 0 atom stereocenters.